The number of benzene rings is 2. The number of fused-ring (bicyclic) bond motifs is 3. The number of carboxylic acid groups (broad SMARTS) is 1. The molecular weight excluding hydrogens is 436 g/mol. The Labute approximate surface area is 197 Å². The van der Waals surface area contributed by atoms with E-state index >= 15 is 0 Å². The standard InChI is InChI=1S/C26H28N2O6/c1-15(29)23(25(31)32)28-24(30)16-7-6-8-17(13-16)27-26(33)34-14-22-20-11-4-2-9-18(20)19-10-3-5-12-21(19)22/h2-6,8-12,15-17,22-23,29H,7,13-14H2,1H3,(H,27,33)(H,28,30)(H,31,32)/t15?,16-,17-,23?/m1/s1. The normalized spacial score (nSPS) is 20.5. The molecule has 0 fully saturated rings. The lowest BCUT2D eigenvalue weighted by atomic mass is 9.90. The molecule has 0 aliphatic heterocycles. The van der Waals surface area contributed by atoms with E-state index in [2.05, 4.69) is 22.8 Å². The van der Waals surface area contributed by atoms with E-state index in [-0.39, 0.29) is 12.5 Å². The minimum Gasteiger partial charge on any atom is -0.480 e. The van der Waals surface area contributed by atoms with E-state index < -0.39 is 42.1 Å². The summed E-state index contributed by atoms with van der Waals surface area (Å²) in [5, 5.41) is 23.9. The molecule has 4 atom stereocenters. The van der Waals surface area contributed by atoms with Crippen LogP contribution in [0.25, 0.3) is 11.1 Å². The first-order valence-corrected chi connectivity index (χ1v) is 11.3. The van der Waals surface area contributed by atoms with Gasteiger partial charge in [0.15, 0.2) is 6.04 Å². The number of hydrogen-bond donors (Lipinski definition) is 4. The van der Waals surface area contributed by atoms with Crippen molar-refractivity contribution in [2.75, 3.05) is 6.61 Å². The zero-order valence-electron chi connectivity index (χ0n) is 18.8. The van der Waals surface area contributed by atoms with Gasteiger partial charge in [-0.2, -0.15) is 0 Å². The molecule has 0 heterocycles. The van der Waals surface area contributed by atoms with Crippen LogP contribution in [-0.2, 0) is 14.3 Å². The predicted octanol–water partition coefficient (Wildman–Crippen LogP) is 2.81. The molecule has 2 aliphatic carbocycles. The molecule has 2 unspecified atom stereocenters. The SMILES string of the molecule is CC(O)C(NC(=O)[C@@H]1CC=C[C@@H](NC(=O)OCC2c3ccccc3-c3ccccc32)C1)C(=O)O. The largest absolute Gasteiger partial charge is 0.480 e. The molecule has 2 aromatic carbocycles. The molecule has 4 rings (SSSR count). The molecule has 0 bridgehead atoms. The number of carboxylic acids is 1. The van der Waals surface area contributed by atoms with Gasteiger partial charge in [0.25, 0.3) is 0 Å². The highest BCUT2D eigenvalue weighted by Crippen LogP contribution is 2.44. The fourth-order valence-corrected chi connectivity index (χ4v) is 4.66. The fraction of sp³-hybridized carbons (Fsp3) is 0.346. The molecule has 178 valence electrons. The maximum atomic E-state index is 12.5. The van der Waals surface area contributed by atoms with Gasteiger partial charge >= 0.3 is 12.1 Å². The number of aliphatic hydroxyl groups excluding tert-OH is 1. The lowest BCUT2D eigenvalue weighted by molar-refractivity contribution is -0.145. The van der Waals surface area contributed by atoms with Gasteiger partial charge in [-0.1, -0.05) is 60.7 Å². The molecule has 0 spiro atoms. The summed E-state index contributed by atoms with van der Waals surface area (Å²) in [6.45, 7) is 1.50. The van der Waals surface area contributed by atoms with Crippen molar-refractivity contribution >= 4 is 18.0 Å². The molecule has 0 aromatic heterocycles. The van der Waals surface area contributed by atoms with Crippen LogP contribution in [0.3, 0.4) is 0 Å². The van der Waals surface area contributed by atoms with Crippen LogP contribution in [0.15, 0.2) is 60.7 Å². The van der Waals surface area contributed by atoms with Crippen LogP contribution in [0.4, 0.5) is 4.79 Å². The monoisotopic (exact) mass is 464 g/mol. The van der Waals surface area contributed by atoms with Crippen molar-refractivity contribution in [1.82, 2.24) is 10.6 Å². The fourth-order valence-electron chi connectivity index (χ4n) is 4.66. The summed E-state index contributed by atoms with van der Waals surface area (Å²) in [7, 11) is 0. The Balaban J connectivity index is 1.33. The minimum atomic E-state index is -1.38. The Morgan fingerprint density at radius 1 is 1.06 bits per heavy atom. The lowest BCUT2D eigenvalue weighted by Gasteiger charge is -2.26. The maximum absolute atomic E-state index is 12.5. The van der Waals surface area contributed by atoms with Crippen molar-refractivity contribution in [2.24, 2.45) is 5.92 Å². The average Bonchev–Trinajstić information content (AvgIpc) is 3.14. The van der Waals surface area contributed by atoms with Gasteiger partial charge in [0.05, 0.1) is 12.1 Å². The molecule has 2 aliphatic rings. The van der Waals surface area contributed by atoms with E-state index in [1.165, 1.54) is 6.92 Å². The third kappa shape index (κ3) is 4.97. The number of allylic oxidation sites excluding steroid dienone is 1. The Bertz CT molecular complexity index is 1070. The number of aliphatic hydroxyl groups is 1. The van der Waals surface area contributed by atoms with Crippen LogP contribution < -0.4 is 10.6 Å². The third-order valence-corrected chi connectivity index (χ3v) is 6.39. The number of carbonyl (C=O) groups excluding carboxylic acids is 2. The molecule has 0 radical (unpaired) electrons. The Kier molecular flexibility index (Phi) is 6.98. The lowest BCUT2D eigenvalue weighted by Crippen LogP contribution is -2.50. The Morgan fingerprint density at radius 2 is 1.68 bits per heavy atom. The maximum Gasteiger partial charge on any atom is 0.407 e. The summed E-state index contributed by atoms with van der Waals surface area (Å²) in [4.78, 5) is 36.3. The van der Waals surface area contributed by atoms with Gasteiger partial charge in [0.1, 0.15) is 6.61 Å². The molecule has 2 amide bonds. The molecular formula is C26H28N2O6. The van der Waals surface area contributed by atoms with E-state index in [4.69, 9.17) is 4.74 Å². The van der Waals surface area contributed by atoms with Gasteiger partial charge in [-0.3, -0.25) is 4.79 Å². The predicted molar refractivity (Wildman–Crippen MR) is 125 cm³/mol. The second kappa shape index (κ2) is 10.1. The van der Waals surface area contributed by atoms with Gasteiger partial charge in [0.2, 0.25) is 5.91 Å². The van der Waals surface area contributed by atoms with Crippen molar-refractivity contribution in [2.45, 2.75) is 43.9 Å². The van der Waals surface area contributed by atoms with Crippen molar-refractivity contribution in [3.8, 4) is 11.1 Å². The Hall–Kier alpha value is -3.65. The first kappa shape index (κ1) is 23.5. The quantitative estimate of drug-likeness (QED) is 0.467. The number of aliphatic carboxylic acids is 1. The number of alkyl carbamates (subject to hydrolysis) is 1. The van der Waals surface area contributed by atoms with Gasteiger partial charge in [0, 0.05) is 11.8 Å². The topological polar surface area (TPSA) is 125 Å². The van der Waals surface area contributed by atoms with Crippen molar-refractivity contribution in [3.05, 3.63) is 71.8 Å². The van der Waals surface area contributed by atoms with E-state index in [0.29, 0.717) is 12.8 Å². The molecule has 0 saturated carbocycles. The number of rotatable bonds is 7. The molecule has 34 heavy (non-hydrogen) atoms. The highest BCUT2D eigenvalue weighted by molar-refractivity contribution is 5.85. The van der Waals surface area contributed by atoms with Gasteiger partial charge in [-0.05, 0) is 42.0 Å². The second-order valence-corrected chi connectivity index (χ2v) is 8.74. The highest BCUT2D eigenvalue weighted by atomic mass is 16.5. The van der Waals surface area contributed by atoms with E-state index in [1.807, 2.05) is 36.4 Å². The first-order chi connectivity index (χ1) is 16.3. The van der Waals surface area contributed by atoms with Gasteiger partial charge in [-0.25, -0.2) is 9.59 Å². The molecule has 0 saturated heterocycles. The second-order valence-electron chi connectivity index (χ2n) is 8.74. The van der Waals surface area contributed by atoms with Crippen LogP contribution in [0.1, 0.15) is 36.8 Å². The smallest absolute Gasteiger partial charge is 0.407 e. The Morgan fingerprint density at radius 3 is 2.26 bits per heavy atom. The van der Waals surface area contributed by atoms with E-state index in [9.17, 15) is 24.6 Å². The average molecular weight is 465 g/mol. The summed E-state index contributed by atoms with van der Waals surface area (Å²) in [5.74, 6) is -2.35. The zero-order valence-corrected chi connectivity index (χ0v) is 18.8. The zero-order chi connectivity index (χ0) is 24.2. The van der Waals surface area contributed by atoms with Crippen LogP contribution in [0.2, 0.25) is 0 Å². The number of hydrogen-bond acceptors (Lipinski definition) is 5. The van der Waals surface area contributed by atoms with Crippen LogP contribution in [0, 0.1) is 5.92 Å². The summed E-state index contributed by atoms with van der Waals surface area (Å²) in [6.07, 6.45) is 2.49. The number of amides is 2. The third-order valence-electron chi connectivity index (χ3n) is 6.39. The van der Waals surface area contributed by atoms with E-state index in [0.717, 1.165) is 22.3 Å². The van der Waals surface area contributed by atoms with Crippen LogP contribution in [0.5, 0.6) is 0 Å². The summed E-state index contributed by atoms with van der Waals surface area (Å²) >= 11 is 0. The molecule has 8 nitrogen and oxygen atoms in total. The summed E-state index contributed by atoms with van der Waals surface area (Å²) in [6, 6.07) is 14.4. The minimum absolute atomic E-state index is 0.0491. The summed E-state index contributed by atoms with van der Waals surface area (Å²) < 4.78 is 5.57. The van der Waals surface area contributed by atoms with E-state index in [1.54, 1.807) is 12.2 Å². The van der Waals surface area contributed by atoms with Gasteiger partial charge in [-0.15, -0.1) is 0 Å². The van der Waals surface area contributed by atoms with Crippen molar-refractivity contribution in [1.29, 1.82) is 0 Å². The number of nitrogens with one attached hydrogen (secondary N) is 2. The molecule has 4 N–H and O–H groups in total. The van der Waals surface area contributed by atoms with Crippen LogP contribution >= 0.6 is 0 Å². The first-order valence-electron chi connectivity index (χ1n) is 11.3. The van der Waals surface area contributed by atoms with Crippen molar-refractivity contribution < 1.29 is 29.3 Å². The molecule has 8 heteroatoms. The van der Waals surface area contributed by atoms with Gasteiger partial charge < -0.3 is 25.6 Å². The van der Waals surface area contributed by atoms with Crippen molar-refractivity contribution in [3.63, 3.8) is 0 Å². The number of carbonyl (C=O) groups is 3. The number of ether oxygens (including phenoxy) is 1. The van der Waals surface area contributed by atoms with Crippen LogP contribution in [-0.4, -0.2) is 53.0 Å². The molecule has 2 aromatic rings. The summed E-state index contributed by atoms with van der Waals surface area (Å²) in [5.41, 5.74) is 4.54. The highest BCUT2D eigenvalue weighted by Gasteiger charge is 2.32.